The standard InChI is InChI=1S/C17H18FN5O3/c1-8-20-6-12(18)15(21-8)22-9-4-10(5-9)23-16(24)11-7-26-13-2-3-19-17(25)14(11)13/h6-7,9-10H,2-5H2,1H3,(H,19,25)(H,23,24)(H,20,21,22). The smallest absolute Gasteiger partial charge is 0.255 e. The lowest BCUT2D eigenvalue weighted by Gasteiger charge is -2.36. The number of aromatic nitrogens is 2. The second kappa shape index (κ2) is 6.40. The number of nitrogens with one attached hydrogen (secondary N) is 3. The van der Waals surface area contributed by atoms with E-state index in [0.717, 1.165) is 6.20 Å². The van der Waals surface area contributed by atoms with Crippen molar-refractivity contribution in [2.75, 3.05) is 11.9 Å². The molecule has 4 rings (SSSR count). The molecule has 1 aliphatic heterocycles. The summed E-state index contributed by atoms with van der Waals surface area (Å²) in [5, 5.41) is 8.62. The number of furan rings is 1. The fraction of sp³-hybridized carbons (Fsp3) is 0.412. The summed E-state index contributed by atoms with van der Waals surface area (Å²) >= 11 is 0. The molecule has 3 heterocycles. The van der Waals surface area contributed by atoms with Gasteiger partial charge in [0, 0.05) is 25.0 Å². The molecule has 0 saturated heterocycles. The fourth-order valence-electron chi connectivity index (χ4n) is 3.24. The predicted octanol–water partition coefficient (Wildman–Crippen LogP) is 1.18. The molecular weight excluding hydrogens is 341 g/mol. The lowest BCUT2D eigenvalue weighted by Crippen LogP contribution is -2.50. The Labute approximate surface area is 148 Å². The normalized spacial score (nSPS) is 21.4. The Morgan fingerprint density at radius 3 is 3.00 bits per heavy atom. The van der Waals surface area contributed by atoms with Crippen molar-refractivity contribution in [2.24, 2.45) is 0 Å². The summed E-state index contributed by atoms with van der Waals surface area (Å²) in [5.74, 6) is 0.0854. The summed E-state index contributed by atoms with van der Waals surface area (Å²) in [5.41, 5.74) is 0.576. The third-order valence-corrected chi connectivity index (χ3v) is 4.66. The van der Waals surface area contributed by atoms with Crippen molar-refractivity contribution in [1.82, 2.24) is 20.6 Å². The van der Waals surface area contributed by atoms with Crippen LogP contribution in [0.15, 0.2) is 16.9 Å². The molecule has 0 atom stereocenters. The van der Waals surface area contributed by atoms with Gasteiger partial charge in [-0.2, -0.15) is 0 Å². The number of nitrogens with zero attached hydrogens (tertiary/aromatic N) is 2. The van der Waals surface area contributed by atoms with Crippen LogP contribution in [-0.4, -0.2) is 40.4 Å². The molecule has 2 aromatic heterocycles. The molecule has 0 aromatic carbocycles. The minimum Gasteiger partial charge on any atom is -0.468 e. The number of hydrogen-bond acceptors (Lipinski definition) is 6. The fourth-order valence-corrected chi connectivity index (χ4v) is 3.24. The molecule has 2 amide bonds. The van der Waals surface area contributed by atoms with E-state index in [4.69, 9.17) is 4.42 Å². The summed E-state index contributed by atoms with van der Waals surface area (Å²) in [7, 11) is 0. The zero-order valence-corrected chi connectivity index (χ0v) is 14.1. The zero-order valence-electron chi connectivity index (χ0n) is 14.1. The molecule has 0 bridgehead atoms. The maximum absolute atomic E-state index is 13.7. The van der Waals surface area contributed by atoms with E-state index in [0.29, 0.717) is 43.0 Å². The van der Waals surface area contributed by atoms with Gasteiger partial charge in [0.1, 0.15) is 17.8 Å². The van der Waals surface area contributed by atoms with E-state index in [9.17, 15) is 14.0 Å². The van der Waals surface area contributed by atoms with Gasteiger partial charge in [-0.25, -0.2) is 14.4 Å². The van der Waals surface area contributed by atoms with Crippen LogP contribution in [0.2, 0.25) is 0 Å². The monoisotopic (exact) mass is 359 g/mol. The molecule has 136 valence electrons. The first kappa shape index (κ1) is 16.5. The number of anilines is 1. The van der Waals surface area contributed by atoms with E-state index >= 15 is 0 Å². The second-order valence-corrected chi connectivity index (χ2v) is 6.55. The molecule has 1 saturated carbocycles. The maximum Gasteiger partial charge on any atom is 0.255 e. The first-order valence-electron chi connectivity index (χ1n) is 8.46. The van der Waals surface area contributed by atoms with Crippen LogP contribution in [0.1, 0.15) is 45.1 Å². The number of carbonyl (C=O) groups excluding carboxylic acids is 2. The Morgan fingerprint density at radius 1 is 1.38 bits per heavy atom. The first-order chi connectivity index (χ1) is 12.5. The summed E-state index contributed by atoms with van der Waals surface area (Å²) in [6, 6.07) is -0.0335. The van der Waals surface area contributed by atoms with Gasteiger partial charge in [-0.15, -0.1) is 0 Å². The summed E-state index contributed by atoms with van der Waals surface area (Å²) in [4.78, 5) is 32.2. The quantitative estimate of drug-likeness (QED) is 0.756. The Kier molecular flexibility index (Phi) is 4.06. The number of amides is 2. The largest absolute Gasteiger partial charge is 0.468 e. The van der Waals surface area contributed by atoms with Crippen LogP contribution in [0.4, 0.5) is 10.2 Å². The van der Waals surface area contributed by atoms with Crippen LogP contribution >= 0.6 is 0 Å². The zero-order chi connectivity index (χ0) is 18.3. The van der Waals surface area contributed by atoms with Gasteiger partial charge in [0.05, 0.1) is 17.3 Å². The molecule has 1 fully saturated rings. The highest BCUT2D eigenvalue weighted by Gasteiger charge is 2.34. The van der Waals surface area contributed by atoms with Gasteiger partial charge in [-0.1, -0.05) is 0 Å². The van der Waals surface area contributed by atoms with E-state index in [1.54, 1.807) is 6.92 Å². The molecule has 0 unspecified atom stereocenters. The van der Waals surface area contributed by atoms with E-state index in [-0.39, 0.29) is 35.3 Å². The molecule has 0 spiro atoms. The topological polar surface area (TPSA) is 109 Å². The van der Waals surface area contributed by atoms with Crippen molar-refractivity contribution in [3.8, 4) is 0 Å². The van der Waals surface area contributed by atoms with Crippen molar-refractivity contribution in [3.05, 3.63) is 41.0 Å². The average Bonchev–Trinajstić information content (AvgIpc) is 3.01. The molecule has 1 aliphatic carbocycles. The predicted molar refractivity (Wildman–Crippen MR) is 89.4 cm³/mol. The molecule has 26 heavy (non-hydrogen) atoms. The van der Waals surface area contributed by atoms with Gasteiger partial charge in [-0.05, 0) is 19.8 Å². The summed E-state index contributed by atoms with van der Waals surface area (Å²) in [6.07, 6.45) is 4.32. The lowest BCUT2D eigenvalue weighted by molar-refractivity contribution is 0.0890. The van der Waals surface area contributed by atoms with Crippen LogP contribution in [0.25, 0.3) is 0 Å². The highest BCUT2D eigenvalue weighted by molar-refractivity contribution is 6.08. The third-order valence-electron chi connectivity index (χ3n) is 4.66. The van der Waals surface area contributed by atoms with Crippen LogP contribution in [-0.2, 0) is 6.42 Å². The maximum atomic E-state index is 13.7. The van der Waals surface area contributed by atoms with Crippen LogP contribution in [0.5, 0.6) is 0 Å². The van der Waals surface area contributed by atoms with Gasteiger partial charge in [0.2, 0.25) is 0 Å². The molecule has 2 aliphatic rings. The molecule has 2 aromatic rings. The number of rotatable bonds is 4. The molecule has 9 heteroatoms. The minimum atomic E-state index is -0.501. The molecule has 8 nitrogen and oxygen atoms in total. The highest BCUT2D eigenvalue weighted by Crippen LogP contribution is 2.26. The van der Waals surface area contributed by atoms with Crippen LogP contribution in [0, 0.1) is 12.7 Å². The number of aryl methyl sites for hydroxylation is 1. The van der Waals surface area contributed by atoms with Gasteiger partial charge < -0.3 is 20.4 Å². The third kappa shape index (κ3) is 3.00. The van der Waals surface area contributed by atoms with Crippen LogP contribution in [0.3, 0.4) is 0 Å². The van der Waals surface area contributed by atoms with Gasteiger partial charge in [-0.3, -0.25) is 9.59 Å². The Hall–Kier alpha value is -2.97. The first-order valence-corrected chi connectivity index (χ1v) is 8.46. The average molecular weight is 359 g/mol. The molecule has 0 radical (unpaired) electrons. The van der Waals surface area contributed by atoms with Crippen molar-refractivity contribution in [1.29, 1.82) is 0 Å². The Bertz CT molecular complexity index is 875. The SMILES string of the molecule is Cc1ncc(F)c(NC2CC(NC(=O)c3coc4c3C(=O)NCC4)C2)n1. The van der Waals surface area contributed by atoms with Gasteiger partial charge in [0.15, 0.2) is 11.6 Å². The number of fused-ring (bicyclic) bond motifs is 1. The van der Waals surface area contributed by atoms with Crippen molar-refractivity contribution in [3.63, 3.8) is 0 Å². The van der Waals surface area contributed by atoms with E-state index in [1.807, 2.05) is 0 Å². The van der Waals surface area contributed by atoms with Crippen molar-refractivity contribution < 1.29 is 18.4 Å². The Balaban J connectivity index is 1.34. The highest BCUT2D eigenvalue weighted by atomic mass is 19.1. The van der Waals surface area contributed by atoms with E-state index in [1.165, 1.54) is 6.26 Å². The number of carbonyl (C=O) groups is 2. The summed E-state index contributed by atoms with van der Waals surface area (Å²) in [6.45, 7) is 2.20. The van der Waals surface area contributed by atoms with E-state index < -0.39 is 5.82 Å². The molecule has 3 N–H and O–H groups in total. The second-order valence-electron chi connectivity index (χ2n) is 6.55. The summed E-state index contributed by atoms with van der Waals surface area (Å²) < 4.78 is 19.0. The molecular formula is C17H18FN5O3. The van der Waals surface area contributed by atoms with E-state index in [2.05, 4.69) is 25.9 Å². The number of halogens is 1. The van der Waals surface area contributed by atoms with Crippen molar-refractivity contribution >= 4 is 17.6 Å². The van der Waals surface area contributed by atoms with Crippen LogP contribution < -0.4 is 16.0 Å². The lowest BCUT2D eigenvalue weighted by atomic mass is 9.86. The van der Waals surface area contributed by atoms with Crippen molar-refractivity contribution in [2.45, 2.75) is 38.3 Å². The Morgan fingerprint density at radius 2 is 2.19 bits per heavy atom. The minimum absolute atomic E-state index is 0.0191. The van der Waals surface area contributed by atoms with Gasteiger partial charge in [0.25, 0.3) is 11.8 Å². The number of hydrogen-bond donors (Lipinski definition) is 3. The van der Waals surface area contributed by atoms with Gasteiger partial charge >= 0.3 is 0 Å².